The highest BCUT2D eigenvalue weighted by atomic mass is 14.5. The molecule has 1 nitrogen and oxygen atoms in total. The van der Waals surface area contributed by atoms with Crippen molar-refractivity contribution >= 4 is 0 Å². The molecular weight excluding hydrogens is 122 g/mol. The molecule has 0 rings (SSSR count). The van der Waals surface area contributed by atoms with E-state index in [1.807, 2.05) is 19.9 Å². The van der Waals surface area contributed by atoms with Gasteiger partial charge in [-0.1, -0.05) is 36.0 Å². The second-order valence-corrected chi connectivity index (χ2v) is 2.34. The van der Waals surface area contributed by atoms with Crippen molar-refractivity contribution in [3.8, 4) is 0 Å². The Bertz CT molecular complexity index is 164. The quantitative estimate of drug-likeness (QED) is 0.592. The molecule has 0 aromatic rings. The fourth-order valence-corrected chi connectivity index (χ4v) is 0.682. The first-order chi connectivity index (χ1) is 4.70. The van der Waals surface area contributed by atoms with Crippen LogP contribution < -0.4 is 5.73 Å². The molecular formula is C9H15N. The second kappa shape index (κ2) is 5.00. The monoisotopic (exact) mass is 137 g/mol. The molecule has 0 heterocycles. The topological polar surface area (TPSA) is 26.0 Å². The lowest BCUT2D eigenvalue weighted by Gasteiger charge is -1.94. The van der Waals surface area contributed by atoms with E-state index in [2.05, 4.69) is 12.7 Å². The molecule has 0 aliphatic carbocycles. The Morgan fingerprint density at radius 2 is 2.10 bits per heavy atom. The molecule has 0 aliphatic rings. The van der Waals surface area contributed by atoms with Gasteiger partial charge in [-0.25, -0.2) is 0 Å². The lowest BCUT2D eigenvalue weighted by molar-refractivity contribution is 1.13. The van der Waals surface area contributed by atoms with Gasteiger partial charge in [-0.05, 0) is 13.8 Å². The Hall–Kier alpha value is -0.820. The number of nitrogens with two attached hydrogens (primary N) is 1. The van der Waals surface area contributed by atoms with Crippen LogP contribution >= 0.6 is 0 Å². The van der Waals surface area contributed by atoms with Crippen molar-refractivity contribution < 1.29 is 0 Å². The molecule has 0 atom stereocenters. The molecule has 0 amide bonds. The van der Waals surface area contributed by atoms with E-state index in [-0.39, 0.29) is 0 Å². The summed E-state index contributed by atoms with van der Waals surface area (Å²) >= 11 is 0. The maximum atomic E-state index is 5.40. The fraction of sp³-hybridized carbons (Fsp3) is 0.333. The van der Waals surface area contributed by atoms with Gasteiger partial charge in [0.15, 0.2) is 0 Å². The average Bonchev–Trinajstić information content (AvgIpc) is 1.88. The highest BCUT2D eigenvalue weighted by molar-refractivity contribution is 5.24. The number of allylic oxidation sites excluding steroid dienone is 4. The molecule has 0 saturated carbocycles. The van der Waals surface area contributed by atoms with Crippen LogP contribution in [0, 0.1) is 0 Å². The van der Waals surface area contributed by atoms with E-state index in [0.29, 0.717) is 6.54 Å². The van der Waals surface area contributed by atoms with Crippen LogP contribution in [0.5, 0.6) is 0 Å². The second-order valence-electron chi connectivity index (χ2n) is 2.34. The lowest BCUT2D eigenvalue weighted by Crippen LogP contribution is -1.99. The van der Waals surface area contributed by atoms with Gasteiger partial charge in [0.2, 0.25) is 0 Å². The van der Waals surface area contributed by atoms with E-state index in [0.717, 1.165) is 0 Å². The van der Waals surface area contributed by atoms with Crippen molar-refractivity contribution in [2.45, 2.75) is 13.8 Å². The van der Waals surface area contributed by atoms with Gasteiger partial charge in [-0.15, -0.1) is 0 Å². The van der Waals surface area contributed by atoms with Crippen LogP contribution in [0.3, 0.4) is 0 Å². The summed E-state index contributed by atoms with van der Waals surface area (Å²) in [5.74, 6) is 0. The molecule has 0 bridgehead atoms. The SMILES string of the molecule is C=C/C=C(C)\C=C(/C)CN. The zero-order valence-corrected chi connectivity index (χ0v) is 6.72. The van der Waals surface area contributed by atoms with Gasteiger partial charge in [0.05, 0.1) is 0 Å². The van der Waals surface area contributed by atoms with Crippen LogP contribution in [0.15, 0.2) is 36.0 Å². The van der Waals surface area contributed by atoms with Gasteiger partial charge in [0.1, 0.15) is 0 Å². The van der Waals surface area contributed by atoms with Crippen molar-refractivity contribution in [1.29, 1.82) is 0 Å². The lowest BCUT2D eigenvalue weighted by atomic mass is 10.2. The Kier molecular flexibility index (Phi) is 4.59. The minimum absolute atomic E-state index is 0.627. The van der Waals surface area contributed by atoms with Crippen LogP contribution in [0.1, 0.15) is 13.8 Å². The van der Waals surface area contributed by atoms with Crippen molar-refractivity contribution in [3.63, 3.8) is 0 Å². The summed E-state index contributed by atoms with van der Waals surface area (Å²) < 4.78 is 0. The van der Waals surface area contributed by atoms with Crippen LogP contribution in [0.25, 0.3) is 0 Å². The van der Waals surface area contributed by atoms with Crippen molar-refractivity contribution in [2.75, 3.05) is 6.54 Å². The highest BCUT2D eigenvalue weighted by Gasteiger charge is 1.83. The van der Waals surface area contributed by atoms with E-state index < -0.39 is 0 Å². The fourth-order valence-electron chi connectivity index (χ4n) is 0.682. The first-order valence-corrected chi connectivity index (χ1v) is 3.37. The van der Waals surface area contributed by atoms with E-state index in [4.69, 9.17) is 5.73 Å². The van der Waals surface area contributed by atoms with Gasteiger partial charge in [0, 0.05) is 6.54 Å². The van der Waals surface area contributed by atoms with E-state index >= 15 is 0 Å². The minimum Gasteiger partial charge on any atom is -0.327 e. The summed E-state index contributed by atoms with van der Waals surface area (Å²) in [5, 5.41) is 0. The molecule has 2 N–H and O–H groups in total. The predicted octanol–water partition coefficient (Wildman–Crippen LogP) is 2.02. The summed E-state index contributed by atoms with van der Waals surface area (Å²) in [6.45, 7) is 8.27. The summed E-state index contributed by atoms with van der Waals surface area (Å²) in [7, 11) is 0. The molecule has 0 aromatic carbocycles. The van der Waals surface area contributed by atoms with E-state index in [9.17, 15) is 0 Å². The smallest absolute Gasteiger partial charge is 0.0137 e. The van der Waals surface area contributed by atoms with Gasteiger partial charge >= 0.3 is 0 Å². The molecule has 0 unspecified atom stereocenters. The Morgan fingerprint density at radius 1 is 1.50 bits per heavy atom. The number of hydrogen-bond acceptors (Lipinski definition) is 1. The number of rotatable bonds is 3. The molecule has 1 heteroatoms. The molecule has 0 saturated heterocycles. The molecule has 10 heavy (non-hydrogen) atoms. The zero-order chi connectivity index (χ0) is 7.98. The van der Waals surface area contributed by atoms with Gasteiger partial charge in [-0.2, -0.15) is 0 Å². The highest BCUT2D eigenvalue weighted by Crippen LogP contribution is 1.99. The standard InChI is InChI=1S/C9H15N/c1-4-5-8(2)6-9(3)7-10/h4-6H,1,7,10H2,2-3H3/b8-5-,9-6+. The zero-order valence-electron chi connectivity index (χ0n) is 6.72. The molecule has 0 aromatic heterocycles. The summed E-state index contributed by atoms with van der Waals surface area (Å²) in [4.78, 5) is 0. The molecule has 0 spiro atoms. The van der Waals surface area contributed by atoms with E-state index in [1.54, 1.807) is 6.08 Å². The Balaban J connectivity index is 4.11. The van der Waals surface area contributed by atoms with Crippen LogP contribution in [-0.2, 0) is 0 Å². The van der Waals surface area contributed by atoms with Crippen LogP contribution in [-0.4, -0.2) is 6.54 Å². The average molecular weight is 137 g/mol. The van der Waals surface area contributed by atoms with Crippen molar-refractivity contribution in [3.05, 3.63) is 36.0 Å². The van der Waals surface area contributed by atoms with E-state index in [1.165, 1.54) is 11.1 Å². The van der Waals surface area contributed by atoms with Crippen LogP contribution in [0.2, 0.25) is 0 Å². The Labute approximate surface area is 62.9 Å². The third-order valence-electron chi connectivity index (χ3n) is 1.18. The third-order valence-corrected chi connectivity index (χ3v) is 1.18. The minimum atomic E-state index is 0.627. The molecule has 0 fully saturated rings. The largest absolute Gasteiger partial charge is 0.327 e. The third kappa shape index (κ3) is 4.10. The summed E-state index contributed by atoms with van der Waals surface area (Å²) in [6, 6.07) is 0. The first kappa shape index (κ1) is 9.18. The van der Waals surface area contributed by atoms with Gasteiger partial charge in [0.25, 0.3) is 0 Å². The molecule has 0 radical (unpaired) electrons. The molecule has 0 aliphatic heterocycles. The maximum absolute atomic E-state index is 5.40. The van der Waals surface area contributed by atoms with Crippen LogP contribution in [0.4, 0.5) is 0 Å². The van der Waals surface area contributed by atoms with Crippen molar-refractivity contribution in [2.24, 2.45) is 5.73 Å². The predicted molar refractivity (Wildman–Crippen MR) is 46.8 cm³/mol. The normalized spacial score (nSPS) is 13.5. The van der Waals surface area contributed by atoms with Gasteiger partial charge < -0.3 is 5.73 Å². The first-order valence-electron chi connectivity index (χ1n) is 3.37. The summed E-state index contributed by atoms with van der Waals surface area (Å²) in [6.07, 6.45) is 5.79. The van der Waals surface area contributed by atoms with Gasteiger partial charge in [-0.3, -0.25) is 0 Å². The number of hydrogen-bond donors (Lipinski definition) is 1. The molecule has 56 valence electrons. The maximum Gasteiger partial charge on any atom is 0.0137 e. The summed E-state index contributed by atoms with van der Waals surface area (Å²) in [5.41, 5.74) is 7.78. The Morgan fingerprint density at radius 3 is 2.50 bits per heavy atom. The van der Waals surface area contributed by atoms with Crippen molar-refractivity contribution in [1.82, 2.24) is 0 Å².